The molecule has 0 spiro atoms. The lowest BCUT2D eigenvalue weighted by Crippen LogP contribution is -2.47. The van der Waals surface area contributed by atoms with E-state index in [0.29, 0.717) is 25.9 Å². The van der Waals surface area contributed by atoms with Gasteiger partial charge in [0.15, 0.2) is 0 Å². The van der Waals surface area contributed by atoms with E-state index in [9.17, 15) is 9.18 Å². The quantitative estimate of drug-likeness (QED) is 0.705. The Kier molecular flexibility index (Phi) is 5.02. The summed E-state index contributed by atoms with van der Waals surface area (Å²) in [6, 6.07) is 0. The molecule has 1 saturated heterocycles. The van der Waals surface area contributed by atoms with Crippen molar-refractivity contribution in [2.24, 2.45) is 5.73 Å². The highest BCUT2D eigenvalue weighted by molar-refractivity contribution is 5.85. The number of nitrogens with one attached hydrogen (secondary N) is 1. The van der Waals surface area contributed by atoms with E-state index in [-0.39, 0.29) is 12.4 Å². The summed E-state index contributed by atoms with van der Waals surface area (Å²) in [5, 5.41) is 3.05. The highest BCUT2D eigenvalue weighted by atomic mass is 35.5. The van der Waals surface area contributed by atoms with Crippen LogP contribution in [0.4, 0.5) is 9.18 Å². The van der Waals surface area contributed by atoms with E-state index in [1.54, 1.807) is 0 Å². The molecule has 1 aliphatic rings. The van der Waals surface area contributed by atoms with E-state index < -0.39 is 18.4 Å². The van der Waals surface area contributed by atoms with Crippen LogP contribution >= 0.6 is 12.4 Å². The summed E-state index contributed by atoms with van der Waals surface area (Å²) in [6.07, 6.45) is 0.0911. The Balaban J connectivity index is 0.00000144. The largest absolute Gasteiger partial charge is 0.440 e. The second-order valence-electron chi connectivity index (χ2n) is 2.99. The molecule has 0 aromatic rings. The number of primary amides is 1. The van der Waals surface area contributed by atoms with Crippen LogP contribution in [0.5, 0.6) is 0 Å². The Morgan fingerprint density at radius 3 is 2.46 bits per heavy atom. The summed E-state index contributed by atoms with van der Waals surface area (Å²) in [6.45, 7) is 0.673. The molecule has 13 heavy (non-hydrogen) atoms. The second kappa shape index (κ2) is 5.24. The molecule has 0 saturated carbocycles. The molecular weight excluding hydrogens is 199 g/mol. The number of ether oxygens (including phenoxy) is 1. The Hall–Kier alpha value is -0.550. The van der Waals surface area contributed by atoms with Gasteiger partial charge in [-0.25, -0.2) is 9.18 Å². The van der Waals surface area contributed by atoms with E-state index >= 15 is 0 Å². The number of rotatable bonds is 2. The van der Waals surface area contributed by atoms with Gasteiger partial charge in [0.25, 0.3) is 0 Å². The van der Waals surface area contributed by atoms with Crippen molar-refractivity contribution in [2.75, 3.05) is 19.8 Å². The number of nitrogens with two attached hydrogens (primary N) is 1. The molecule has 1 rings (SSSR count). The zero-order chi connectivity index (χ0) is 9.03. The molecule has 0 aliphatic carbocycles. The van der Waals surface area contributed by atoms with Crippen LogP contribution in [0, 0.1) is 0 Å². The van der Waals surface area contributed by atoms with Crippen LogP contribution in [0.3, 0.4) is 0 Å². The van der Waals surface area contributed by atoms with E-state index in [0.717, 1.165) is 0 Å². The zero-order valence-corrected chi connectivity index (χ0v) is 8.03. The van der Waals surface area contributed by atoms with Gasteiger partial charge in [-0.15, -0.1) is 12.4 Å². The minimum absolute atomic E-state index is 0. The fourth-order valence-corrected chi connectivity index (χ4v) is 1.36. The minimum Gasteiger partial charge on any atom is -0.440 e. The lowest BCUT2D eigenvalue weighted by molar-refractivity contribution is -0.0242. The molecule has 0 atom stereocenters. The number of hydrogen-bond donors (Lipinski definition) is 2. The number of carbonyl (C=O) groups excluding carboxylic acids is 1. The summed E-state index contributed by atoms with van der Waals surface area (Å²) in [7, 11) is 0. The SMILES string of the molecule is Cl.NC(=O)OC1(CF)CCNCC1. The predicted molar refractivity (Wildman–Crippen MR) is 48.7 cm³/mol. The van der Waals surface area contributed by atoms with Crippen molar-refractivity contribution >= 4 is 18.5 Å². The first-order chi connectivity index (χ1) is 5.68. The first-order valence-electron chi connectivity index (χ1n) is 3.94. The third kappa shape index (κ3) is 3.36. The van der Waals surface area contributed by atoms with Gasteiger partial charge in [-0.2, -0.15) is 0 Å². The summed E-state index contributed by atoms with van der Waals surface area (Å²) in [5.41, 5.74) is 3.87. The number of halogens is 2. The zero-order valence-electron chi connectivity index (χ0n) is 7.22. The van der Waals surface area contributed by atoms with Gasteiger partial charge >= 0.3 is 6.09 Å². The lowest BCUT2D eigenvalue weighted by atomic mass is 9.94. The molecule has 3 N–H and O–H groups in total. The van der Waals surface area contributed by atoms with Crippen LogP contribution in [0.1, 0.15) is 12.8 Å². The number of piperidine rings is 1. The predicted octanol–water partition coefficient (Wildman–Crippen LogP) is 0.595. The first-order valence-corrected chi connectivity index (χ1v) is 3.94. The molecule has 0 radical (unpaired) electrons. The fraction of sp³-hybridized carbons (Fsp3) is 0.857. The Morgan fingerprint density at radius 1 is 1.54 bits per heavy atom. The van der Waals surface area contributed by atoms with Crippen LogP contribution in [0.25, 0.3) is 0 Å². The molecule has 1 fully saturated rings. The Labute approximate surface area is 82.4 Å². The average molecular weight is 213 g/mol. The maximum Gasteiger partial charge on any atom is 0.405 e. The molecule has 0 aromatic carbocycles. The van der Waals surface area contributed by atoms with Gasteiger partial charge in [-0.1, -0.05) is 0 Å². The summed E-state index contributed by atoms with van der Waals surface area (Å²) in [5.74, 6) is 0. The summed E-state index contributed by atoms with van der Waals surface area (Å²) < 4.78 is 17.3. The van der Waals surface area contributed by atoms with Crippen LogP contribution in [-0.2, 0) is 4.74 Å². The summed E-state index contributed by atoms with van der Waals surface area (Å²) >= 11 is 0. The van der Waals surface area contributed by atoms with E-state index in [2.05, 4.69) is 5.32 Å². The monoisotopic (exact) mass is 212 g/mol. The summed E-state index contributed by atoms with van der Waals surface area (Å²) in [4.78, 5) is 10.4. The van der Waals surface area contributed by atoms with Crippen molar-refractivity contribution in [2.45, 2.75) is 18.4 Å². The topological polar surface area (TPSA) is 64.4 Å². The van der Waals surface area contributed by atoms with Gasteiger partial charge in [0.2, 0.25) is 0 Å². The molecular formula is C7H14ClFN2O2. The number of amides is 1. The normalized spacial score (nSPS) is 20.1. The van der Waals surface area contributed by atoms with Crippen LogP contribution in [0.2, 0.25) is 0 Å². The smallest absolute Gasteiger partial charge is 0.405 e. The Morgan fingerprint density at radius 2 is 2.08 bits per heavy atom. The number of carbonyl (C=O) groups is 1. The van der Waals surface area contributed by atoms with Crippen LogP contribution in [0.15, 0.2) is 0 Å². The molecule has 4 nitrogen and oxygen atoms in total. The maximum absolute atomic E-state index is 12.5. The van der Waals surface area contributed by atoms with Gasteiger partial charge in [0.1, 0.15) is 12.3 Å². The maximum atomic E-state index is 12.5. The molecule has 1 amide bonds. The van der Waals surface area contributed by atoms with Gasteiger partial charge in [0, 0.05) is 12.8 Å². The van der Waals surface area contributed by atoms with Crippen LogP contribution < -0.4 is 11.1 Å². The van der Waals surface area contributed by atoms with Gasteiger partial charge in [-0.05, 0) is 13.1 Å². The van der Waals surface area contributed by atoms with Gasteiger partial charge in [-0.3, -0.25) is 0 Å². The second-order valence-corrected chi connectivity index (χ2v) is 2.99. The molecule has 0 unspecified atom stereocenters. The van der Waals surface area contributed by atoms with Crippen molar-refractivity contribution < 1.29 is 13.9 Å². The standard InChI is InChI=1S/C7H13FN2O2.ClH/c8-5-7(12-6(9)11)1-3-10-4-2-7;/h10H,1-5H2,(H2,9,11);1H. The minimum atomic E-state index is -0.961. The average Bonchev–Trinajstić information content (AvgIpc) is 2.05. The molecule has 1 aliphatic heterocycles. The Bertz CT molecular complexity index is 174. The molecule has 6 heteroatoms. The number of alkyl halides is 1. The van der Waals surface area contributed by atoms with Crippen molar-refractivity contribution in [3.63, 3.8) is 0 Å². The van der Waals surface area contributed by atoms with Crippen molar-refractivity contribution in [3.05, 3.63) is 0 Å². The third-order valence-corrected chi connectivity index (χ3v) is 2.08. The third-order valence-electron chi connectivity index (χ3n) is 2.08. The molecule has 78 valence electrons. The molecule has 0 aromatic heterocycles. The van der Waals surface area contributed by atoms with Crippen molar-refractivity contribution in [1.29, 1.82) is 0 Å². The van der Waals surface area contributed by atoms with Crippen molar-refractivity contribution in [1.82, 2.24) is 5.32 Å². The lowest BCUT2D eigenvalue weighted by Gasteiger charge is -2.33. The number of hydrogen-bond acceptors (Lipinski definition) is 3. The molecule has 1 heterocycles. The van der Waals surface area contributed by atoms with E-state index in [1.165, 1.54) is 0 Å². The van der Waals surface area contributed by atoms with Gasteiger partial charge < -0.3 is 15.8 Å². The fourth-order valence-electron chi connectivity index (χ4n) is 1.36. The van der Waals surface area contributed by atoms with Crippen molar-refractivity contribution in [3.8, 4) is 0 Å². The van der Waals surface area contributed by atoms with E-state index in [1.807, 2.05) is 0 Å². The highest BCUT2D eigenvalue weighted by Gasteiger charge is 2.35. The molecule has 0 bridgehead atoms. The van der Waals surface area contributed by atoms with E-state index in [4.69, 9.17) is 10.5 Å². The first kappa shape index (κ1) is 12.4. The highest BCUT2D eigenvalue weighted by Crippen LogP contribution is 2.23. The van der Waals surface area contributed by atoms with Gasteiger partial charge in [0.05, 0.1) is 0 Å². The van der Waals surface area contributed by atoms with Crippen LogP contribution in [-0.4, -0.2) is 31.5 Å².